The van der Waals surface area contributed by atoms with Crippen LogP contribution in [0.15, 0.2) is 56.1 Å². The minimum Gasteiger partial charge on any atom is -0.450 e. The molecule has 0 aliphatic carbocycles. The fraction of sp³-hybridized carbons (Fsp3) is 0.217. The Kier molecular flexibility index (Phi) is 5.17. The molecule has 162 valence electrons. The van der Waals surface area contributed by atoms with E-state index in [0.29, 0.717) is 27.3 Å². The third-order valence-electron chi connectivity index (χ3n) is 5.28. The highest BCUT2D eigenvalue weighted by Gasteiger charge is 2.46. The van der Waals surface area contributed by atoms with Crippen LogP contribution in [0.3, 0.4) is 0 Å². The van der Waals surface area contributed by atoms with Gasteiger partial charge in [-0.3, -0.25) is 14.5 Å². The quantitative estimate of drug-likeness (QED) is 0.360. The highest BCUT2D eigenvalue weighted by Crippen LogP contribution is 2.43. The first-order valence-corrected chi connectivity index (χ1v) is 11.6. The maximum atomic E-state index is 14.9. The van der Waals surface area contributed by atoms with Crippen molar-refractivity contribution in [3.8, 4) is 0 Å². The molecule has 2 aromatic heterocycles. The van der Waals surface area contributed by atoms with E-state index in [0.717, 1.165) is 5.01 Å². The van der Waals surface area contributed by atoms with E-state index >= 15 is 0 Å². The van der Waals surface area contributed by atoms with Crippen molar-refractivity contribution in [3.63, 3.8) is 0 Å². The molecule has 3 heterocycles. The number of amides is 1. The van der Waals surface area contributed by atoms with E-state index in [-0.39, 0.29) is 27.9 Å². The molecular formula is C23H17BrFN3O3S. The van der Waals surface area contributed by atoms with Crippen LogP contribution in [0.2, 0.25) is 0 Å². The summed E-state index contributed by atoms with van der Waals surface area (Å²) in [6, 6.07) is 10.1. The average molecular weight is 514 g/mol. The maximum Gasteiger partial charge on any atom is 0.297 e. The van der Waals surface area contributed by atoms with Crippen LogP contribution in [0.25, 0.3) is 11.0 Å². The van der Waals surface area contributed by atoms with E-state index in [2.05, 4.69) is 40.0 Å². The number of hydrogen-bond acceptors (Lipinski definition) is 6. The van der Waals surface area contributed by atoms with Crippen LogP contribution in [0.1, 0.15) is 46.6 Å². The molecule has 0 saturated carbocycles. The standard InChI is InChI=1S/C23H17BrFN3O3S/c1-11(2)9-17-26-27-23(32-17)28-19(13-5-3-4-6-15(13)25)18-20(29)14-10-12(24)7-8-16(14)31-21(18)22(28)30/h3-8,10-11,19H,9H2,1-2H3. The lowest BCUT2D eigenvalue weighted by molar-refractivity contribution is 0.0970. The predicted octanol–water partition coefficient (Wildman–Crippen LogP) is 5.49. The minimum absolute atomic E-state index is 0.0984. The molecule has 1 atom stereocenters. The number of halogens is 2. The van der Waals surface area contributed by atoms with E-state index in [1.165, 1.54) is 22.3 Å². The maximum absolute atomic E-state index is 14.9. The van der Waals surface area contributed by atoms with Crippen LogP contribution in [-0.4, -0.2) is 16.1 Å². The van der Waals surface area contributed by atoms with Crippen LogP contribution in [0.4, 0.5) is 9.52 Å². The van der Waals surface area contributed by atoms with Gasteiger partial charge in [0.25, 0.3) is 5.91 Å². The second-order valence-electron chi connectivity index (χ2n) is 7.99. The summed E-state index contributed by atoms with van der Waals surface area (Å²) >= 11 is 4.63. The van der Waals surface area contributed by atoms with Crippen LogP contribution in [0, 0.1) is 11.7 Å². The molecule has 6 nitrogen and oxygen atoms in total. The summed E-state index contributed by atoms with van der Waals surface area (Å²) < 4.78 is 21.5. The molecule has 0 spiro atoms. The van der Waals surface area contributed by atoms with Crippen molar-refractivity contribution in [1.82, 2.24) is 10.2 Å². The van der Waals surface area contributed by atoms with E-state index in [1.54, 1.807) is 36.4 Å². The van der Waals surface area contributed by atoms with Gasteiger partial charge in [-0.1, -0.05) is 59.3 Å². The zero-order valence-electron chi connectivity index (χ0n) is 17.1. The summed E-state index contributed by atoms with van der Waals surface area (Å²) in [5.74, 6) is -0.804. The minimum atomic E-state index is -1.00. The second kappa shape index (κ2) is 7.90. The molecule has 32 heavy (non-hydrogen) atoms. The van der Waals surface area contributed by atoms with Gasteiger partial charge in [0.05, 0.1) is 10.9 Å². The average Bonchev–Trinajstić information content (AvgIpc) is 3.31. The van der Waals surface area contributed by atoms with E-state index in [1.807, 2.05) is 0 Å². The first-order chi connectivity index (χ1) is 15.3. The van der Waals surface area contributed by atoms with Gasteiger partial charge in [-0.2, -0.15) is 0 Å². The number of hydrogen-bond donors (Lipinski definition) is 0. The lowest BCUT2D eigenvalue weighted by atomic mass is 9.98. The van der Waals surface area contributed by atoms with Crippen molar-refractivity contribution < 1.29 is 13.6 Å². The SMILES string of the molecule is CC(C)Cc1nnc(N2C(=O)c3oc4ccc(Br)cc4c(=O)c3C2c2ccccc2F)s1. The Morgan fingerprint density at radius 1 is 1.19 bits per heavy atom. The Hall–Kier alpha value is -2.91. The number of fused-ring (bicyclic) bond motifs is 2. The Labute approximate surface area is 194 Å². The number of anilines is 1. The molecule has 1 aliphatic rings. The Morgan fingerprint density at radius 3 is 2.72 bits per heavy atom. The van der Waals surface area contributed by atoms with Crippen LogP contribution < -0.4 is 10.3 Å². The number of aromatic nitrogens is 2. The second-order valence-corrected chi connectivity index (χ2v) is 9.95. The highest BCUT2D eigenvalue weighted by molar-refractivity contribution is 9.10. The number of nitrogens with zero attached hydrogens (tertiary/aromatic N) is 3. The van der Waals surface area contributed by atoms with E-state index in [4.69, 9.17) is 4.42 Å². The van der Waals surface area contributed by atoms with Gasteiger partial charge in [-0.25, -0.2) is 4.39 Å². The van der Waals surface area contributed by atoms with Gasteiger partial charge in [-0.15, -0.1) is 10.2 Å². The molecule has 0 saturated heterocycles. The smallest absolute Gasteiger partial charge is 0.297 e. The lowest BCUT2D eigenvalue weighted by Gasteiger charge is -2.22. The molecule has 0 bridgehead atoms. The number of benzene rings is 2. The number of carbonyl (C=O) groups excluding carboxylic acids is 1. The van der Waals surface area contributed by atoms with Crippen LogP contribution in [0.5, 0.6) is 0 Å². The Bertz CT molecular complexity index is 1430. The molecule has 5 rings (SSSR count). The molecule has 9 heteroatoms. The molecule has 1 unspecified atom stereocenters. The van der Waals surface area contributed by atoms with Gasteiger partial charge in [-0.05, 0) is 30.2 Å². The summed E-state index contributed by atoms with van der Waals surface area (Å²) in [5.41, 5.74) is 0.212. The normalized spacial score (nSPS) is 15.7. The van der Waals surface area contributed by atoms with Crippen molar-refractivity contribution in [2.24, 2.45) is 5.92 Å². The summed E-state index contributed by atoms with van der Waals surface area (Å²) in [4.78, 5) is 28.3. The van der Waals surface area contributed by atoms with E-state index in [9.17, 15) is 14.0 Å². The van der Waals surface area contributed by atoms with Crippen molar-refractivity contribution in [3.05, 3.63) is 84.9 Å². The lowest BCUT2D eigenvalue weighted by Crippen LogP contribution is -2.30. The van der Waals surface area contributed by atoms with Gasteiger partial charge in [0.1, 0.15) is 22.4 Å². The largest absolute Gasteiger partial charge is 0.450 e. The topological polar surface area (TPSA) is 76.3 Å². The Balaban J connectivity index is 1.76. The number of carbonyl (C=O) groups is 1. The van der Waals surface area contributed by atoms with Gasteiger partial charge >= 0.3 is 0 Å². The van der Waals surface area contributed by atoms with E-state index < -0.39 is 17.8 Å². The zero-order valence-corrected chi connectivity index (χ0v) is 19.5. The third-order valence-corrected chi connectivity index (χ3v) is 6.72. The molecule has 1 aliphatic heterocycles. The van der Waals surface area contributed by atoms with Crippen LogP contribution in [-0.2, 0) is 6.42 Å². The molecule has 0 radical (unpaired) electrons. The summed E-state index contributed by atoms with van der Waals surface area (Å²) in [6.45, 7) is 4.12. The molecule has 0 N–H and O–H groups in total. The summed E-state index contributed by atoms with van der Waals surface area (Å²) in [7, 11) is 0. The van der Waals surface area contributed by atoms with Crippen molar-refractivity contribution in [2.75, 3.05) is 4.90 Å². The Morgan fingerprint density at radius 2 is 1.97 bits per heavy atom. The zero-order chi connectivity index (χ0) is 22.6. The monoisotopic (exact) mass is 513 g/mol. The van der Waals surface area contributed by atoms with Crippen molar-refractivity contribution >= 4 is 49.3 Å². The van der Waals surface area contributed by atoms with Gasteiger partial charge in [0.2, 0.25) is 10.9 Å². The molecule has 4 aromatic rings. The third kappa shape index (κ3) is 3.36. The van der Waals surface area contributed by atoms with Gasteiger partial charge < -0.3 is 4.42 Å². The molecule has 0 fully saturated rings. The first-order valence-electron chi connectivity index (χ1n) is 10.0. The van der Waals surface area contributed by atoms with Crippen LogP contribution >= 0.6 is 27.3 Å². The fourth-order valence-electron chi connectivity index (χ4n) is 3.91. The fourth-order valence-corrected chi connectivity index (χ4v) is 5.35. The molecule has 1 amide bonds. The van der Waals surface area contributed by atoms with Crippen molar-refractivity contribution in [2.45, 2.75) is 26.3 Å². The highest BCUT2D eigenvalue weighted by atomic mass is 79.9. The predicted molar refractivity (Wildman–Crippen MR) is 124 cm³/mol. The summed E-state index contributed by atoms with van der Waals surface area (Å²) in [6.07, 6.45) is 0.700. The summed E-state index contributed by atoms with van der Waals surface area (Å²) in [5, 5.41) is 9.78. The number of rotatable bonds is 4. The van der Waals surface area contributed by atoms with Gasteiger partial charge in [0.15, 0.2) is 5.43 Å². The molecule has 2 aromatic carbocycles. The first kappa shape index (κ1) is 21.0. The molecular weight excluding hydrogens is 497 g/mol. The van der Waals surface area contributed by atoms with Crippen molar-refractivity contribution in [1.29, 1.82) is 0 Å². The van der Waals surface area contributed by atoms with Gasteiger partial charge in [0, 0.05) is 16.5 Å².